The van der Waals surface area contributed by atoms with Gasteiger partial charge in [0.05, 0.1) is 12.8 Å². The summed E-state index contributed by atoms with van der Waals surface area (Å²) < 4.78 is 5.33. The fraction of sp³-hybridized carbons (Fsp3) is 0.333. The smallest absolute Gasteiger partial charge is 0.255 e. The molecule has 0 heterocycles. The Bertz CT molecular complexity index is 768. The number of nitrogens with one attached hydrogen (secondary N) is 2. The first-order valence-corrected chi connectivity index (χ1v) is 9.02. The number of hydrogen-bond donors (Lipinski definition) is 2. The highest BCUT2D eigenvalue weighted by Crippen LogP contribution is 2.30. The molecule has 26 heavy (non-hydrogen) atoms. The van der Waals surface area contributed by atoms with Crippen LogP contribution in [0.3, 0.4) is 0 Å². The fourth-order valence-electron chi connectivity index (χ4n) is 3.28. The van der Waals surface area contributed by atoms with Gasteiger partial charge in [-0.3, -0.25) is 9.59 Å². The molecule has 2 aromatic carbocycles. The third-order valence-corrected chi connectivity index (χ3v) is 4.73. The lowest BCUT2D eigenvalue weighted by molar-refractivity contribution is -0.120. The average molecular weight is 352 g/mol. The van der Waals surface area contributed by atoms with Gasteiger partial charge in [0.25, 0.3) is 5.91 Å². The topological polar surface area (TPSA) is 67.4 Å². The van der Waals surface area contributed by atoms with E-state index in [2.05, 4.69) is 10.6 Å². The maximum Gasteiger partial charge on any atom is 0.255 e. The van der Waals surface area contributed by atoms with E-state index in [4.69, 9.17) is 4.74 Å². The Balaban J connectivity index is 1.73. The summed E-state index contributed by atoms with van der Waals surface area (Å²) in [5.41, 5.74) is 1.75. The van der Waals surface area contributed by atoms with E-state index in [1.165, 1.54) is 6.42 Å². The van der Waals surface area contributed by atoms with E-state index < -0.39 is 0 Å². The lowest BCUT2D eigenvalue weighted by Crippen LogP contribution is -2.24. The van der Waals surface area contributed by atoms with Gasteiger partial charge in [-0.1, -0.05) is 37.5 Å². The first-order valence-electron chi connectivity index (χ1n) is 9.02. The first kappa shape index (κ1) is 18.0. The molecule has 2 N–H and O–H groups in total. The van der Waals surface area contributed by atoms with Crippen molar-refractivity contribution < 1.29 is 14.3 Å². The van der Waals surface area contributed by atoms with Gasteiger partial charge in [-0.15, -0.1) is 0 Å². The maximum atomic E-state index is 12.4. The van der Waals surface area contributed by atoms with Crippen LogP contribution in [0, 0.1) is 5.92 Å². The number of amides is 2. The van der Waals surface area contributed by atoms with Crippen molar-refractivity contribution in [3.8, 4) is 5.75 Å². The number of rotatable bonds is 5. The van der Waals surface area contributed by atoms with Crippen LogP contribution in [-0.4, -0.2) is 18.9 Å². The molecule has 2 amide bonds. The third kappa shape index (κ3) is 4.42. The number of carbonyl (C=O) groups is 2. The first-order chi connectivity index (χ1) is 12.7. The van der Waals surface area contributed by atoms with Crippen molar-refractivity contribution in [1.29, 1.82) is 0 Å². The molecule has 2 aromatic rings. The van der Waals surface area contributed by atoms with Crippen LogP contribution >= 0.6 is 0 Å². The van der Waals surface area contributed by atoms with Gasteiger partial charge in [-0.25, -0.2) is 0 Å². The highest BCUT2D eigenvalue weighted by molar-refractivity contribution is 6.05. The van der Waals surface area contributed by atoms with Crippen LogP contribution < -0.4 is 15.4 Å². The van der Waals surface area contributed by atoms with Gasteiger partial charge < -0.3 is 15.4 Å². The number of ether oxygens (including phenoxy) is 1. The van der Waals surface area contributed by atoms with Crippen LogP contribution in [0.25, 0.3) is 0 Å². The fourth-order valence-corrected chi connectivity index (χ4v) is 3.28. The zero-order valence-electron chi connectivity index (χ0n) is 15.0. The summed E-state index contributed by atoms with van der Waals surface area (Å²) in [6, 6.07) is 14.3. The summed E-state index contributed by atoms with van der Waals surface area (Å²) in [7, 11) is 1.55. The quantitative estimate of drug-likeness (QED) is 0.834. The summed E-state index contributed by atoms with van der Waals surface area (Å²) in [6.07, 6.45) is 5.32. The van der Waals surface area contributed by atoms with Gasteiger partial charge in [-0.2, -0.15) is 0 Å². The molecule has 0 aromatic heterocycles. The largest absolute Gasteiger partial charge is 0.495 e. The SMILES string of the molecule is COc1ccc(NC(=O)C2CCCCC2)cc1NC(=O)c1ccccc1. The normalized spacial score (nSPS) is 14.5. The molecule has 1 saturated carbocycles. The van der Waals surface area contributed by atoms with Gasteiger partial charge in [0, 0.05) is 17.2 Å². The molecule has 5 nitrogen and oxygen atoms in total. The highest BCUT2D eigenvalue weighted by atomic mass is 16.5. The molecule has 3 rings (SSSR count). The molecule has 136 valence electrons. The Morgan fingerprint density at radius 3 is 2.38 bits per heavy atom. The molecule has 0 aliphatic heterocycles. The van der Waals surface area contributed by atoms with Gasteiger partial charge in [-0.05, 0) is 43.2 Å². The number of methoxy groups -OCH3 is 1. The number of hydrogen-bond acceptors (Lipinski definition) is 3. The Kier molecular flexibility index (Phi) is 5.89. The summed E-state index contributed by atoms with van der Waals surface area (Å²) >= 11 is 0. The Morgan fingerprint density at radius 1 is 0.962 bits per heavy atom. The average Bonchev–Trinajstić information content (AvgIpc) is 2.69. The number of benzene rings is 2. The zero-order chi connectivity index (χ0) is 18.4. The predicted octanol–water partition coefficient (Wildman–Crippen LogP) is 4.47. The monoisotopic (exact) mass is 352 g/mol. The van der Waals surface area contributed by atoms with Gasteiger partial charge in [0.1, 0.15) is 5.75 Å². The molecular weight excluding hydrogens is 328 g/mol. The maximum absolute atomic E-state index is 12.4. The highest BCUT2D eigenvalue weighted by Gasteiger charge is 2.21. The summed E-state index contributed by atoms with van der Waals surface area (Å²) in [5.74, 6) is 0.452. The van der Waals surface area contributed by atoms with E-state index in [1.54, 1.807) is 37.4 Å². The minimum Gasteiger partial charge on any atom is -0.495 e. The van der Waals surface area contributed by atoms with Crippen molar-refractivity contribution in [3.05, 3.63) is 54.1 Å². The molecular formula is C21H24N2O3. The van der Waals surface area contributed by atoms with Crippen molar-refractivity contribution in [2.45, 2.75) is 32.1 Å². The van der Waals surface area contributed by atoms with Crippen molar-refractivity contribution in [1.82, 2.24) is 0 Å². The van der Waals surface area contributed by atoms with Crippen LogP contribution in [0.1, 0.15) is 42.5 Å². The molecule has 1 fully saturated rings. The Morgan fingerprint density at radius 2 is 1.69 bits per heavy atom. The van der Waals surface area contributed by atoms with E-state index in [0.29, 0.717) is 22.7 Å². The number of carbonyl (C=O) groups excluding carboxylic acids is 2. The standard InChI is InChI=1S/C21H24N2O3/c1-26-19-13-12-17(22-20(24)15-8-4-2-5-9-15)14-18(19)23-21(25)16-10-6-3-7-11-16/h3,6-7,10-15H,2,4-5,8-9H2,1H3,(H,22,24)(H,23,25). The van der Waals surface area contributed by atoms with E-state index in [0.717, 1.165) is 25.7 Å². The van der Waals surface area contributed by atoms with Crippen molar-refractivity contribution in [2.24, 2.45) is 5.92 Å². The van der Waals surface area contributed by atoms with Crippen LogP contribution in [0.5, 0.6) is 5.75 Å². The number of anilines is 2. The van der Waals surface area contributed by atoms with E-state index >= 15 is 0 Å². The summed E-state index contributed by atoms with van der Waals surface area (Å²) in [5, 5.41) is 5.83. The molecule has 0 atom stereocenters. The lowest BCUT2D eigenvalue weighted by atomic mass is 9.88. The Hall–Kier alpha value is -2.82. The molecule has 5 heteroatoms. The van der Waals surface area contributed by atoms with Gasteiger partial charge in [0.15, 0.2) is 0 Å². The third-order valence-electron chi connectivity index (χ3n) is 4.73. The van der Waals surface area contributed by atoms with Crippen molar-refractivity contribution in [3.63, 3.8) is 0 Å². The van der Waals surface area contributed by atoms with E-state index in [9.17, 15) is 9.59 Å². The van der Waals surface area contributed by atoms with E-state index in [1.807, 2.05) is 18.2 Å². The summed E-state index contributed by atoms with van der Waals surface area (Å²) in [6.45, 7) is 0. The van der Waals surface area contributed by atoms with Gasteiger partial charge in [0.2, 0.25) is 5.91 Å². The minimum absolute atomic E-state index is 0.0511. The second kappa shape index (κ2) is 8.52. The van der Waals surface area contributed by atoms with Crippen molar-refractivity contribution in [2.75, 3.05) is 17.7 Å². The van der Waals surface area contributed by atoms with Crippen LogP contribution in [0.15, 0.2) is 48.5 Å². The van der Waals surface area contributed by atoms with Crippen molar-refractivity contribution >= 4 is 23.2 Å². The molecule has 0 saturated heterocycles. The molecule has 1 aliphatic carbocycles. The summed E-state index contributed by atoms with van der Waals surface area (Å²) in [4.78, 5) is 24.9. The molecule has 0 unspecified atom stereocenters. The second-order valence-corrected chi connectivity index (χ2v) is 6.56. The van der Waals surface area contributed by atoms with Crippen LogP contribution in [0.2, 0.25) is 0 Å². The van der Waals surface area contributed by atoms with Crippen LogP contribution in [0.4, 0.5) is 11.4 Å². The molecule has 0 radical (unpaired) electrons. The lowest BCUT2D eigenvalue weighted by Gasteiger charge is -2.21. The zero-order valence-corrected chi connectivity index (χ0v) is 15.0. The second-order valence-electron chi connectivity index (χ2n) is 6.56. The molecule has 0 bridgehead atoms. The molecule has 0 spiro atoms. The Labute approximate surface area is 153 Å². The van der Waals surface area contributed by atoms with Crippen LogP contribution in [-0.2, 0) is 4.79 Å². The van der Waals surface area contributed by atoms with Gasteiger partial charge >= 0.3 is 0 Å². The minimum atomic E-state index is -0.223. The van der Waals surface area contributed by atoms with E-state index in [-0.39, 0.29) is 17.7 Å². The molecule has 1 aliphatic rings. The predicted molar refractivity (Wildman–Crippen MR) is 103 cm³/mol.